The zero-order valence-electron chi connectivity index (χ0n) is 10.3. The maximum Gasteiger partial charge on any atom is 0.258 e. The molecule has 6 nitrogen and oxygen atoms in total. The molecule has 0 bridgehead atoms. The number of nitrogens with zero attached hydrogens (tertiary/aromatic N) is 1. The number of nitrogen functional groups attached to an aromatic ring is 1. The van der Waals surface area contributed by atoms with Crippen LogP contribution in [0.2, 0.25) is 0 Å². The number of H-pyrrole nitrogens is 1. The van der Waals surface area contributed by atoms with Crippen LogP contribution in [0.3, 0.4) is 0 Å². The number of carbonyl (C=O) groups excluding carboxylic acids is 1. The Morgan fingerprint density at radius 3 is 2.80 bits per heavy atom. The molecule has 7 heteroatoms. The minimum atomic E-state index is -0.342. The van der Waals surface area contributed by atoms with Crippen LogP contribution in [-0.4, -0.2) is 15.9 Å². The summed E-state index contributed by atoms with van der Waals surface area (Å²) < 4.78 is 0.849. The smallest absolute Gasteiger partial charge is 0.258 e. The molecule has 0 radical (unpaired) electrons. The Balaban J connectivity index is 2.23. The van der Waals surface area contributed by atoms with Gasteiger partial charge >= 0.3 is 0 Å². The van der Waals surface area contributed by atoms with Crippen molar-refractivity contribution in [3.05, 3.63) is 50.2 Å². The Labute approximate surface area is 122 Å². The van der Waals surface area contributed by atoms with Gasteiger partial charge in [-0.3, -0.25) is 14.6 Å². The van der Waals surface area contributed by atoms with Crippen molar-refractivity contribution in [2.75, 3.05) is 11.1 Å². The van der Waals surface area contributed by atoms with Crippen LogP contribution < -0.4 is 16.6 Å². The highest BCUT2D eigenvalue weighted by atomic mass is 79.9. The number of carbonyl (C=O) groups is 1. The minimum absolute atomic E-state index is 0.0122. The Kier molecular flexibility index (Phi) is 3.06. The number of hydrogen-bond acceptors (Lipinski definition) is 4. The second-order valence-electron chi connectivity index (χ2n) is 4.54. The fraction of sp³-hybridized carbons (Fsp3) is 0.154. The van der Waals surface area contributed by atoms with Crippen LogP contribution in [0.1, 0.15) is 23.5 Å². The van der Waals surface area contributed by atoms with Crippen molar-refractivity contribution in [3.8, 4) is 0 Å². The van der Waals surface area contributed by atoms with E-state index in [4.69, 9.17) is 5.73 Å². The summed E-state index contributed by atoms with van der Waals surface area (Å²) in [5.41, 5.74) is 6.50. The average Bonchev–Trinajstić information content (AvgIpc) is 2.37. The molecule has 1 atom stereocenters. The predicted octanol–water partition coefficient (Wildman–Crippen LogP) is 1.59. The van der Waals surface area contributed by atoms with Crippen LogP contribution in [0.15, 0.2) is 33.5 Å². The number of hydrogen-bond donors (Lipinski definition) is 3. The highest BCUT2D eigenvalue weighted by Crippen LogP contribution is 2.37. The maximum atomic E-state index is 12.1. The zero-order valence-corrected chi connectivity index (χ0v) is 11.9. The molecular formula is C13H11BrN4O2. The van der Waals surface area contributed by atoms with Gasteiger partial charge in [0.05, 0.1) is 5.56 Å². The molecule has 1 aromatic heterocycles. The summed E-state index contributed by atoms with van der Waals surface area (Å²) >= 11 is 3.45. The van der Waals surface area contributed by atoms with Gasteiger partial charge in [-0.05, 0) is 11.6 Å². The molecule has 1 amide bonds. The second kappa shape index (κ2) is 4.75. The number of amides is 1. The molecule has 1 aliphatic heterocycles. The quantitative estimate of drug-likeness (QED) is 0.737. The number of benzene rings is 1. The van der Waals surface area contributed by atoms with Crippen molar-refractivity contribution in [3.63, 3.8) is 0 Å². The van der Waals surface area contributed by atoms with Crippen molar-refractivity contribution in [1.29, 1.82) is 0 Å². The van der Waals surface area contributed by atoms with Crippen molar-refractivity contribution in [2.24, 2.45) is 0 Å². The molecule has 1 aliphatic rings. The molecule has 3 rings (SSSR count). The monoisotopic (exact) mass is 334 g/mol. The van der Waals surface area contributed by atoms with E-state index in [0.717, 1.165) is 10.0 Å². The van der Waals surface area contributed by atoms with Crippen molar-refractivity contribution < 1.29 is 4.79 Å². The van der Waals surface area contributed by atoms with E-state index < -0.39 is 0 Å². The van der Waals surface area contributed by atoms with Gasteiger partial charge in [0.2, 0.25) is 11.9 Å². The van der Waals surface area contributed by atoms with E-state index in [1.165, 1.54) is 0 Å². The molecule has 2 aromatic rings. The van der Waals surface area contributed by atoms with Crippen LogP contribution >= 0.6 is 15.9 Å². The first kappa shape index (κ1) is 12.9. The molecule has 2 heterocycles. The molecule has 4 N–H and O–H groups in total. The van der Waals surface area contributed by atoms with Crippen molar-refractivity contribution in [1.82, 2.24) is 9.97 Å². The van der Waals surface area contributed by atoms with E-state index in [0.29, 0.717) is 5.56 Å². The normalized spacial score (nSPS) is 17.4. The van der Waals surface area contributed by atoms with Crippen LogP contribution in [0.4, 0.5) is 11.8 Å². The molecule has 102 valence electrons. The summed E-state index contributed by atoms with van der Waals surface area (Å²) in [4.78, 5) is 30.5. The van der Waals surface area contributed by atoms with Crippen LogP contribution in [-0.2, 0) is 4.79 Å². The molecule has 20 heavy (non-hydrogen) atoms. The first-order valence-electron chi connectivity index (χ1n) is 6.00. The van der Waals surface area contributed by atoms with E-state index in [2.05, 4.69) is 31.2 Å². The summed E-state index contributed by atoms with van der Waals surface area (Å²) in [7, 11) is 0. The van der Waals surface area contributed by atoms with Gasteiger partial charge in [0.1, 0.15) is 5.82 Å². The molecule has 1 aromatic carbocycles. The number of fused-ring (bicyclic) bond motifs is 1. The highest BCUT2D eigenvalue weighted by Gasteiger charge is 2.31. The number of aromatic nitrogens is 2. The SMILES string of the molecule is Nc1nc2c(c(=O)[nH]1)[C@@H](c1ccccc1Br)CC(=O)N2. The summed E-state index contributed by atoms with van der Waals surface area (Å²) in [6, 6.07) is 7.50. The summed E-state index contributed by atoms with van der Waals surface area (Å²) in [5.74, 6) is -0.299. The molecule has 0 saturated carbocycles. The topological polar surface area (TPSA) is 101 Å². The average molecular weight is 335 g/mol. The Hall–Kier alpha value is -2.15. The molecule has 0 saturated heterocycles. The van der Waals surface area contributed by atoms with Gasteiger partial charge in [-0.2, -0.15) is 4.98 Å². The largest absolute Gasteiger partial charge is 0.369 e. The van der Waals surface area contributed by atoms with Gasteiger partial charge in [-0.25, -0.2) is 0 Å². The number of rotatable bonds is 1. The number of nitrogens with one attached hydrogen (secondary N) is 2. The Morgan fingerprint density at radius 2 is 2.05 bits per heavy atom. The van der Waals surface area contributed by atoms with Gasteiger partial charge in [0.15, 0.2) is 0 Å². The Bertz CT molecular complexity index is 756. The number of anilines is 2. The van der Waals surface area contributed by atoms with Crippen LogP contribution in [0.25, 0.3) is 0 Å². The Morgan fingerprint density at radius 1 is 1.30 bits per heavy atom. The maximum absolute atomic E-state index is 12.1. The highest BCUT2D eigenvalue weighted by molar-refractivity contribution is 9.10. The van der Waals surface area contributed by atoms with Gasteiger partial charge in [0.25, 0.3) is 5.56 Å². The van der Waals surface area contributed by atoms with Crippen molar-refractivity contribution >= 4 is 33.6 Å². The summed E-state index contributed by atoms with van der Waals surface area (Å²) in [6.45, 7) is 0. The molecule has 0 fully saturated rings. The molecule has 0 aliphatic carbocycles. The zero-order chi connectivity index (χ0) is 14.3. The molecule has 0 unspecified atom stereocenters. The van der Waals surface area contributed by atoms with E-state index in [1.54, 1.807) is 0 Å². The van der Waals surface area contributed by atoms with E-state index in [9.17, 15) is 9.59 Å². The van der Waals surface area contributed by atoms with Gasteiger partial charge in [-0.1, -0.05) is 34.1 Å². The lowest BCUT2D eigenvalue weighted by Gasteiger charge is -2.24. The first-order chi connectivity index (χ1) is 9.56. The third kappa shape index (κ3) is 2.09. The first-order valence-corrected chi connectivity index (χ1v) is 6.79. The second-order valence-corrected chi connectivity index (χ2v) is 5.39. The number of halogens is 1. The predicted molar refractivity (Wildman–Crippen MR) is 78.5 cm³/mol. The standard InChI is InChI=1S/C13H11BrN4O2/c14-8-4-2-1-3-6(8)7-5-9(19)16-11-10(7)12(20)18-13(15)17-11/h1-4,7H,5H2,(H4,15,16,17,18,19,20)/t7-/m1/s1. The van der Waals surface area contributed by atoms with Crippen molar-refractivity contribution in [2.45, 2.75) is 12.3 Å². The van der Waals surface area contributed by atoms with Gasteiger partial charge < -0.3 is 11.1 Å². The summed E-state index contributed by atoms with van der Waals surface area (Å²) in [5, 5.41) is 2.60. The van der Waals surface area contributed by atoms with Gasteiger partial charge in [-0.15, -0.1) is 0 Å². The number of nitrogens with two attached hydrogens (primary N) is 1. The van der Waals surface area contributed by atoms with Gasteiger partial charge in [0, 0.05) is 16.8 Å². The van der Waals surface area contributed by atoms with E-state index in [-0.39, 0.29) is 35.6 Å². The third-order valence-electron chi connectivity index (χ3n) is 3.25. The summed E-state index contributed by atoms with van der Waals surface area (Å²) in [6.07, 6.45) is 0.199. The minimum Gasteiger partial charge on any atom is -0.369 e. The van der Waals surface area contributed by atoms with Crippen LogP contribution in [0, 0.1) is 0 Å². The fourth-order valence-corrected chi connectivity index (χ4v) is 2.97. The lowest BCUT2D eigenvalue weighted by molar-refractivity contribution is -0.116. The van der Waals surface area contributed by atoms with E-state index in [1.807, 2.05) is 24.3 Å². The molecule has 0 spiro atoms. The lowest BCUT2D eigenvalue weighted by Crippen LogP contribution is -2.31. The fourth-order valence-electron chi connectivity index (χ4n) is 2.41. The lowest BCUT2D eigenvalue weighted by atomic mass is 9.87. The number of aromatic amines is 1. The molecular weight excluding hydrogens is 324 g/mol. The van der Waals surface area contributed by atoms with Crippen LogP contribution in [0.5, 0.6) is 0 Å². The third-order valence-corrected chi connectivity index (χ3v) is 3.97. The van der Waals surface area contributed by atoms with E-state index >= 15 is 0 Å².